The van der Waals surface area contributed by atoms with Gasteiger partial charge in [0, 0.05) is 44.2 Å². The first kappa shape index (κ1) is 23.7. The van der Waals surface area contributed by atoms with Crippen LogP contribution in [0.3, 0.4) is 0 Å². The molecular formula is C41H25BN2O. The number of benzene rings is 7. The molecule has 2 aromatic heterocycles. The van der Waals surface area contributed by atoms with Crippen LogP contribution in [0.4, 0.5) is 11.4 Å². The minimum Gasteiger partial charge on any atom is -0.456 e. The highest BCUT2D eigenvalue weighted by molar-refractivity contribution is 6.94. The molecule has 45 heavy (non-hydrogen) atoms. The highest BCUT2D eigenvalue weighted by atomic mass is 16.3. The molecule has 0 saturated carbocycles. The van der Waals surface area contributed by atoms with Crippen LogP contribution >= 0.6 is 0 Å². The summed E-state index contributed by atoms with van der Waals surface area (Å²) in [4.78, 5) is 2.61. The van der Waals surface area contributed by atoms with Crippen LogP contribution in [0.2, 0.25) is 0 Å². The van der Waals surface area contributed by atoms with Crippen LogP contribution in [-0.2, 0) is 0 Å². The molecule has 9 aromatic rings. The number of rotatable bonds is 1. The van der Waals surface area contributed by atoms with E-state index in [1.165, 1.54) is 77.3 Å². The van der Waals surface area contributed by atoms with Crippen molar-refractivity contribution in [3.05, 3.63) is 139 Å². The van der Waals surface area contributed by atoms with Crippen LogP contribution in [0.25, 0.3) is 71.3 Å². The molecule has 0 atom stereocenters. The monoisotopic (exact) mass is 572 g/mol. The molecule has 0 saturated heterocycles. The van der Waals surface area contributed by atoms with Crippen molar-refractivity contribution >= 4 is 83.7 Å². The Morgan fingerprint density at radius 1 is 0.556 bits per heavy atom. The number of fused-ring (bicyclic) bond motifs is 12. The molecule has 7 aromatic carbocycles. The zero-order valence-electron chi connectivity index (χ0n) is 24.6. The Bertz CT molecular complexity index is 2750. The molecule has 0 amide bonds. The number of hydrogen-bond donors (Lipinski definition) is 0. The van der Waals surface area contributed by atoms with Gasteiger partial charge in [-0.15, -0.1) is 0 Å². The Kier molecular flexibility index (Phi) is 4.34. The Labute approximate surface area is 259 Å². The molecular weight excluding hydrogens is 547 g/mol. The van der Waals surface area contributed by atoms with E-state index in [4.69, 9.17) is 4.42 Å². The second kappa shape index (κ2) is 8.25. The van der Waals surface area contributed by atoms with Crippen molar-refractivity contribution in [3.63, 3.8) is 0 Å². The third-order valence-electron chi connectivity index (χ3n) is 10.3. The van der Waals surface area contributed by atoms with E-state index in [1.807, 2.05) is 0 Å². The van der Waals surface area contributed by atoms with Gasteiger partial charge in [-0.1, -0.05) is 97.1 Å². The molecule has 0 aliphatic carbocycles. The van der Waals surface area contributed by atoms with Crippen molar-refractivity contribution < 1.29 is 4.42 Å². The van der Waals surface area contributed by atoms with E-state index in [9.17, 15) is 0 Å². The average molecular weight is 572 g/mol. The minimum atomic E-state index is -0.00988. The molecule has 208 valence electrons. The molecule has 2 aliphatic heterocycles. The fourth-order valence-electron chi connectivity index (χ4n) is 8.44. The van der Waals surface area contributed by atoms with Gasteiger partial charge in [0.25, 0.3) is 0 Å². The highest BCUT2D eigenvalue weighted by Crippen LogP contribution is 2.49. The number of aryl methyl sites for hydroxylation is 1. The maximum absolute atomic E-state index is 6.53. The van der Waals surface area contributed by atoms with Gasteiger partial charge in [0.15, 0.2) is 0 Å². The summed E-state index contributed by atoms with van der Waals surface area (Å²) >= 11 is 0. The van der Waals surface area contributed by atoms with Gasteiger partial charge < -0.3 is 13.8 Å². The molecule has 0 fully saturated rings. The molecule has 0 spiro atoms. The summed E-state index contributed by atoms with van der Waals surface area (Å²) in [6, 6.07) is 49.0. The lowest BCUT2D eigenvalue weighted by molar-refractivity contribution is 0.669. The van der Waals surface area contributed by atoms with E-state index in [0.717, 1.165) is 21.9 Å². The second-order valence-corrected chi connectivity index (χ2v) is 12.5. The lowest BCUT2D eigenvalue weighted by Gasteiger charge is -2.43. The Balaban J connectivity index is 1.40. The van der Waals surface area contributed by atoms with Gasteiger partial charge in [-0.3, -0.25) is 0 Å². The van der Waals surface area contributed by atoms with Crippen LogP contribution in [0, 0.1) is 6.92 Å². The van der Waals surface area contributed by atoms with Crippen LogP contribution in [0.1, 0.15) is 5.56 Å². The largest absolute Gasteiger partial charge is 0.456 e. The summed E-state index contributed by atoms with van der Waals surface area (Å²) < 4.78 is 9.06. The van der Waals surface area contributed by atoms with Crippen LogP contribution < -0.4 is 15.7 Å². The Hall–Kier alpha value is -5.74. The third-order valence-corrected chi connectivity index (χ3v) is 10.3. The maximum Gasteiger partial charge on any atom is 0.333 e. The second-order valence-electron chi connectivity index (χ2n) is 12.5. The molecule has 0 radical (unpaired) electrons. The van der Waals surface area contributed by atoms with Crippen LogP contribution in [-0.4, -0.2) is 11.4 Å². The molecule has 11 rings (SSSR count). The van der Waals surface area contributed by atoms with Crippen molar-refractivity contribution in [2.45, 2.75) is 6.92 Å². The SMILES string of the molecule is Cc1ccccc1N1B2c3c(cc4ccccc4c3-c3cc4oc5ccccc5c4cc31)-n1c3ccccc3c3cccc2c31. The van der Waals surface area contributed by atoms with Crippen LogP contribution in [0.15, 0.2) is 138 Å². The van der Waals surface area contributed by atoms with Crippen LogP contribution in [0.5, 0.6) is 0 Å². The van der Waals surface area contributed by atoms with Crippen molar-refractivity contribution in [2.75, 3.05) is 4.81 Å². The van der Waals surface area contributed by atoms with E-state index in [-0.39, 0.29) is 6.85 Å². The minimum absolute atomic E-state index is 0.00988. The van der Waals surface area contributed by atoms with Crippen molar-refractivity contribution in [1.82, 2.24) is 4.57 Å². The smallest absolute Gasteiger partial charge is 0.333 e. The quantitative estimate of drug-likeness (QED) is 0.183. The van der Waals surface area contributed by atoms with Gasteiger partial charge in [0.05, 0.1) is 11.0 Å². The number of aromatic nitrogens is 1. The highest BCUT2D eigenvalue weighted by Gasteiger charge is 2.45. The van der Waals surface area contributed by atoms with Gasteiger partial charge in [0.1, 0.15) is 11.2 Å². The van der Waals surface area contributed by atoms with Crippen molar-refractivity contribution in [2.24, 2.45) is 0 Å². The van der Waals surface area contributed by atoms with Gasteiger partial charge in [-0.25, -0.2) is 0 Å². The lowest BCUT2D eigenvalue weighted by atomic mass is 9.43. The summed E-state index contributed by atoms with van der Waals surface area (Å²) in [7, 11) is 0. The van der Waals surface area contributed by atoms with Crippen molar-refractivity contribution in [1.29, 1.82) is 0 Å². The normalized spacial score (nSPS) is 13.4. The molecule has 3 nitrogen and oxygen atoms in total. The summed E-state index contributed by atoms with van der Waals surface area (Å²) in [5, 5.41) is 7.41. The summed E-state index contributed by atoms with van der Waals surface area (Å²) in [6.07, 6.45) is 0. The molecule has 0 bridgehead atoms. The standard InChI is InChI=1S/C41H25BN2O/c1-24-11-2-7-18-33(24)44-35-22-30-28-15-6-9-20-37(28)45-38(30)23-31(35)39-26-13-4-3-12-25(26)21-36-40(39)42(44)32-17-10-16-29-27-14-5-8-19-34(27)43(36)41(29)32/h2-23H,1H3. The molecule has 0 unspecified atom stereocenters. The maximum atomic E-state index is 6.53. The van der Waals surface area contributed by atoms with Gasteiger partial charge in [-0.05, 0) is 76.1 Å². The van der Waals surface area contributed by atoms with E-state index < -0.39 is 0 Å². The van der Waals surface area contributed by atoms with Gasteiger partial charge >= 0.3 is 6.85 Å². The zero-order valence-corrected chi connectivity index (χ0v) is 24.6. The van der Waals surface area contributed by atoms with E-state index >= 15 is 0 Å². The zero-order chi connectivity index (χ0) is 29.4. The number of anilines is 2. The fourth-order valence-corrected chi connectivity index (χ4v) is 8.44. The fraction of sp³-hybridized carbons (Fsp3) is 0.0244. The van der Waals surface area contributed by atoms with Gasteiger partial charge in [0.2, 0.25) is 0 Å². The topological polar surface area (TPSA) is 21.3 Å². The van der Waals surface area contributed by atoms with E-state index in [2.05, 4.69) is 150 Å². The number of para-hydroxylation sites is 4. The van der Waals surface area contributed by atoms with E-state index in [1.54, 1.807) is 0 Å². The third kappa shape index (κ3) is 2.88. The van der Waals surface area contributed by atoms with Gasteiger partial charge in [-0.2, -0.15) is 0 Å². The van der Waals surface area contributed by atoms with E-state index in [0.29, 0.717) is 0 Å². The molecule has 4 heteroatoms. The first-order valence-electron chi connectivity index (χ1n) is 15.6. The molecule has 4 heterocycles. The predicted molar refractivity (Wildman–Crippen MR) is 189 cm³/mol. The summed E-state index contributed by atoms with van der Waals surface area (Å²) in [5.41, 5.74) is 14.5. The first-order valence-corrected chi connectivity index (χ1v) is 15.6. The predicted octanol–water partition coefficient (Wildman–Crippen LogP) is 9.38. The lowest BCUT2D eigenvalue weighted by Crippen LogP contribution is -2.60. The summed E-state index contributed by atoms with van der Waals surface area (Å²) in [5.74, 6) is 0. The number of furan rings is 1. The van der Waals surface area contributed by atoms with Crippen molar-refractivity contribution in [3.8, 4) is 16.8 Å². The Morgan fingerprint density at radius 2 is 1.31 bits per heavy atom. The number of hydrogen-bond acceptors (Lipinski definition) is 2. The molecule has 0 N–H and O–H groups in total. The summed E-state index contributed by atoms with van der Waals surface area (Å²) in [6.45, 7) is 2.22. The Morgan fingerprint density at radius 3 is 2.22 bits per heavy atom. The molecule has 2 aliphatic rings. The number of nitrogens with zero attached hydrogens (tertiary/aromatic N) is 2. The average Bonchev–Trinajstić information content (AvgIpc) is 3.62. The first-order chi connectivity index (χ1) is 22.3.